The molecule has 0 aliphatic carbocycles. The standard InChI is InChI=1S/C17H14F5N5O2/c1-8-23-15(28-25-8)12-4-2-3-5-27(12)13-7-10(18)9(6-11(13)19)14-24-16(29-26-14)17(20,21)22/h6-7,12H,2-5H2,1H3/t12-/m1/s1. The molecule has 1 aromatic carbocycles. The maximum absolute atomic E-state index is 14.9. The van der Waals surface area contributed by atoms with Crippen LogP contribution in [0.25, 0.3) is 11.4 Å². The quantitative estimate of drug-likeness (QED) is 0.585. The van der Waals surface area contributed by atoms with E-state index in [0.29, 0.717) is 24.7 Å². The van der Waals surface area contributed by atoms with Crippen molar-refractivity contribution >= 4 is 5.69 Å². The molecule has 1 aliphatic rings. The van der Waals surface area contributed by atoms with Crippen molar-refractivity contribution in [2.75, 3.05) is 11.4 Å². The van der Waals surface area contributed by atoms with Gasteiger partial charge in [-0.15, -0.1) is 0 Å². The van der Waals surface area contributed by atoms with Crippen molar-refractivity contribution in [3.05, 3.63) is 41.4 Å². The number of nitrogens with zero attached hydrogens (tertiary/aromatic N) is 5. The van der Waals surface area contributed by atoms with Crippen molar-refractivity contribution in [3.8, 4) is 11.4 Å². The van der Waals surface area contributed by atoms with Crippen LogP contribution in [-0.4, -0.2) is 26.8 Å². The van der Waals surface area contributed by atoms with E-state index in [9.17, 15) is 22.0 Å². The molecule has 1 fully saturated rings. The Kier molecular flexibility index (Phi) is 4.71. The second kappa shape index (κ2) is 7.08. The molecule has 1 atom stereocenters. The van der Waals surface area contributed by atoms with Crippen LogP contribution in [0.2, 0.25) is 0 Å². The van der Waals surface area contributed by atoms with Crippen LogP contribution >= 0.6 is 0 Å². The van der Waals surface area contributed by atoms with E-state index in [2.05, 4.69) is 24.8 Å². The largest absolute Gasteiger partial charge is 0.471 e. The minimum absolute atomic E-state index is 0.0636. The summed E-state index contributed by atoms with van der Waals surface area (Å²) in [5, 5.41) is 6.84. The van der Waals surface area contributed by atoms with Crippen molar-refractivity contribution < 1.29 is 31.0 Å². The zero-order chi connectivity index (χ0) is 20.8. The highest BCUT2D eigenvalue weighted by Crippen LogP contribution is 2.38. The lowest BCUT2D eigenvalue weighted by atomic mass is 10.0. The number of hydrogen-bond donors (Lipinski definition) is 0. The van der Waals surface area contributed by atoms with Crippen LogP contribution in [-0.2, 0) is 6.18 Å². The van der Waals surface area contributed by atoms with Gasteiger partial charge in [-0.3, -0.25) is 0 Å². The minimum Gasteiger partial charge on any atom is -0.357 e. The maximum Gasteiger partial charge on any atom is 0.471 e. The summed E-state index contributed by atoms with van der Waals surface area (Å²) in [4.78, 5) is 8.89. The number of halogens is 5. The molecule has 1 aliphatic heterocycles. The highest BCUT2D eigenvalue weighted by Gasteiger charge is 2.39. The van der Waals surface area contributed by atoms with E-state index >= 15 is 0 Å². The lowest BCUT2D eigenvalue weighted by Crippen LogP contribution is -2.34. The Bertz CT molecular complexity index is 1030. The molecule has 1 saturated heterocycles. The second-order valence-corrected chi connectivity index (χ2v) is 6.59. The van der Waals surface area contributed by atoms with Gasteiger partial charge in [-0.1, -0.05) is 10.3 Å². The van der Waals surface area contributed by atoms with Gasteiger partial charge in [0.05, 0.1) is 11.3 Å². The van der Waals surface area contributed by atoms with Crippen molar-refractivity contribution in [1.82, 2.24) is 20.3 Å². The normalized spacial score (nSPS) is 17.7. The Hall–Kier alpha value is -3.05. The minimum atomic E-state index is -4.89. The first-order valence-corrected chi connectivity index (χ1v) is 8.71. The fraction of sp³-hybridized carbons (Fsp3) is 0.412. The van der Waals surface area contributed by atoms with E-state index in [-0.39, 0.29) is 5.69 Å². The summed E-state index contributed by atoms with van der Waals surface area (Å²) in [6.45, 7) is 2.07. The monoisotopic (exact) mass is 415 g/mol. The Labute approximate surface area is 160 Å². The molecule has 3 heterocycles. The molecule has 0 radical (unpaired) electrons. The number of benzene rings is 1. The molecule has 29 heavy (non-hydrogen) atoms. The summed E-state index contributed by atoms with van der Waals surface area (Å²) in [5.74, 6) is -3.45. The SMILES string of the molecule is Cc1noc([C@H]2CCCCN2c2cc(F)c(-c3noc(C(F)(F)F)n3)cc2F)n1. The lowest BCUT2D eigenvalue weighted by molar-refractivity contribution is -0.159. The van der Waals surface area contributed by atoms with E-state index in [1.54, 1.807) is 11.8 Å². The first-order valence-electron chi connectivity index (χ1n) is 8.71. The number of aryl methyl sites for hydroxylation is 1. The molecule has 3 aromatic rings. The zero-order valence-electron chi connectivity index (χ0n) is 15.0. The topological polar surface area (TPSA) is 81.1 Å². The average Bonchev–Trinajstić information content (AvgIpc) is 3.32. The summed E-state index contributed by atoms with van der Waals surface area (Å²) in [7, 11) is 0. The van der Waals surface area contributed by atoms with Crippen LogP contribution in [0.3, 0.4) is 0 Å². The van der Waals surface area contributed by atoms with E-state index in [1.807, 2.05) is 0 Å². The van der Waals surface area contributed by atoms with Gasteiger partial charge in [-0.25, -0.2) is 8.78 Å². The van der Waals surface area contributed by atoms with Gasteiger partial charge in [-0.05, 0) is 32.3 Å². The number of alkyl halides is 3. The zero-order valence-corrected chi connectivity index (χ0v) is 15.0. The van der Waals surface area contributed by atoms with E-state index in [0.717, 1.165) is 25.0 Å². The molecule has 0 unspecified atom stereocenters. The number of hydrogen-bond acceptors (Lipinski definition) is 7. The molecule has 2 aromatic heterocycles. The first kappa shape index (κ1) is 19.3. The lowest BCUT2D eigenvalue weighted by Gasteiger charge is -2.35. The molecule has 12 heteroatoms. The van der Waals surface area contributed by atoms with Crippen LogP contribution < -0.4 is 4.90 Å². The van der Waals surface area contributed by atoms with Gasteiger partial charge in [0.25, 0.3) is 0 Å². The molecule has 154 valence electrons. The fourth-order valence-electron chi connectivity index (χ4n) is 3.30. The number of anilines is 1. The van der Waals surface area contributed by atoms with Gasteiger partial charge in [0.1, 0.15) is 17.7 Å². The van der Waals surface area contributed by atoms with Crippen LogP contribution in [0.4, 0.5) is 27.6 Å². The third-order valence-electron chi connectivity index (χ3n) is 4.59. The molecule has 0 bridgehead atoms. The van der Waals surface area contributed by atoms with Crippen molar-refractivity contribution in [2.45, 2.75) is 38.4 Å². The van der Waals surface area contributed by atoms with Gasteiger partial charge in [-0.2, -0.15) is 23.1 Å². The summed E-state index contributed by atoms with van der Waals surface area (Å²) < 4.78 is 76.7. The molecule has 0 N–H and O–H groups in total. The number of rotatable bonds is 3. The Morgan fingerprint density at radius 3 is 2.48 bits per heavy atom. The number of aromatic nitrogens is 4. The van der Waals surface area contributed by atoms with Crippen LogP contribution in [0.1, 0.15) is 42.9 Å². The van der Waals surface area contributed by atoms with Crippen molar-refractivity contribution in [2.24, 2.45) is 0 Å². The molecule has 0 spiro atoms. The molecule has 0 amide bonds. The first-order chi connectivity index (χ1) is 13.7. The second-order valence-electron chi connectivity index (χ2n) is 6.59. The summed E-state index contributed by atoms with van der Waals surface area (Å²) >= 11 is 0. The maximum atomic E-state index is 14.9. The third kappa shape index (κ3) is 3.66. The summed E-state index contributed by atoms with van der Waals surface area (Å²) in [6.07, 6.45) is -2.70. The number of piperidine rings is 1. The molecule has 7 nitrogen and oxygen atoms in total. The predicted molar refractivity (Wildman–Crippen MR) is 87.6 cm³/mol. The Morgan fingerprint density at radius 2 is 1.83 bits per heavy atom. The van der Waals surface area contributed by atoms with Gasteiger partial charge < -0.3 is 13.9 Å². The van der Waals surface area contributed by atoms with Crippen LogP contribution in [0.15, 0.2) is 21.2 Å². The molecular formula is C17H14F5N5O2. The van der Waals surface area contributed by atoms with Gasteiger partial charge in [0, 0.05) is 12.6 Å². The molecule has 4 rings (SSSR count). The summed E-state index contributed by atoms with van der Waals surface area (Å²) in [5.41, 5.74) is -0.598. The van der Waals surface area contributed by atoms with E-state index in [4.69, 9.17) is 4.52 Å². The van der Waals surface area contributed by atoms with Gasteiger partial charge in [0.2, 0.25) is 11.7 Å². The van der Waals surface area contributed by atoms with Crippen LogP contribution in [0.5, 0.6) is 0 Å². The highest BCUT2D eigenvalue weighted by molar-refractivity contribution is 5.62. The van der Waals surface area contributed by atoms with E-state index < -0.39 is 41.1 Å². The van der Waals surface area contributed by atoms with Crippen molar-refractivity contribution in [3.63, 3.8) is 0 Å². The Morgan fingerprint density at radius 1 is 1.03 bits per heavy atom. The average molecular weight is 415 g/mol. The van der Waals surface area contributed by atoms with Crippen LogP contribution in [0, 0.1) is 18.6 Å². The summed E-state index contributed by atoms with van der Waals surface area (Å²) in [6, 6.07) is 1.21. The van der Waals surface area contributed by atoms with Gasteiger partial charge in [0.15, 0.2) is 5.82 Å². The van der Waals surface area contributed by atoms with Gasteiger partial charge >= 0.3 is 12.1 Å². The van der Waals surface area contributed by atoms with E-state index in [1.165, 1.54) is 0 Å². The molecular weight excluding hydrogens is 401 g/mol. The Balaban J connectivity index is 1.70. The molecule has 0 saturated carbocycles. The predicted octanol–water partition coefficient (Wildman–Crippen LogP) is 4.46. The fourth-order valence-corrected chi connectivity index (χ4v) is 3.30. The smallest absolute Gasteiger partial charge is 0.357 e. The highest BCUT2D eigenvalue weighted by atomic mass is 19.4. The third-order valence-corrected chi connectivity index (χ3v) is 4.59. The van der Waals surface area contributed by atoms with Crippen molar-refractivity contribution in [1.29, 1.82) is 0 Å².